The Morgan fingerprint density at radius 2 is 2.08 bits per heavy atom. The van der Waals surface area contributed by atoms with Gasteiger partial charge in [-0.15, -0.1) is 11.6 Å². The van der Waals surface area contributed by atoms with Crippen molar-refractivity contribution in [3.8, 4) is 0 Å². The molecule has 0 saturated heterocycles. The summed E-state index contributed by atoms with van der Waals surface area (Å²) in [5.74, 6) is 1.34. The quantitative estimate of drug-likeness (QED) is 0.492. The number of hydrogen-bond donors (Lipinski definition) is 0. The highest BCUT2D eigenvalue weighted by molar-refractivity contribution is 6.19. The van der Waals surface area contributed by atoms with Crippen molar-refractivity contribution < 1.29 is 4.79 Å². The molecule has 0 atom stereocenters. The molecular formula is C10H17ClO. The molecule has 1 aliphatic rings. The van der Waals surface area contributed by atoms with Gasteiger partial charge in [0.15, 0.2) is 0 Å². The molecule has 0 N–H and O–H groups in total. The van der Waals surface area contributed by atoms with E-state index in [1.807, 2.05) is 0 Å². The van der Waals surface area contributed by atoms with Crippen molar-refractivity contribution in [3.05, 3.63) is 0 Å². The topological polar surface area (TPSA) is 17.1 Å². The highest BCUT2D eigenvalue weighted by Gasteiger charge is 2.33. The monoisotopic (exact) mass is 188 g/mol. The molecule has 1 rings (SSSR count). The van der Waals surface area contributed by atoms with Gasteiger partial charge in [-0.25, -0.2) is 0 Å². The van der Waals surface area contributed by atoms with Gasteiger partial charge in [0.1, 0.15) is 6.29 Å². The van der Waals surface area contributed by atoms with Gasteiger partial charge in [0, 0.05) is 11.3 Å². The van der Waals surface area contributed by atoms with Crippen molar-refractivity contribution in [2.75, 3.05) is 5.88 Å². The molecule has 1 saturated carbocycles. The highest BCUT2D eigenvalue weighted by atomic mass is 35.5. The maximum absolute atomic E-state index is 10.8. The maximum Gasteiger partial charge on any atom is 0.127 e. The number of alkyl halides is 1. The van der Waals surface area contributed by atoms with Gasteiger partial charge >= 0.3 is 0 Å². The molecular weight excluding hydrogens is 172 g/mol. The molecule has 0 radical (unpaired) electrons. The number of carbonyl (C=O) groups is 1. The van der Waals surface area contributed by atoms with Crippen LogP contribution in [-0.4, -0.2) is 12.2 Å². The summed E-state index contributed by atoms with van der Waals surface area (Å²) >= 11 is 5.80. The van der Waals surface area contributed by atoms with E-state index in [0.29, 0.717) is 5.88 Å². The number of aldehydes is 1. The van der Waals surface area contributed by atoms with Gasteiger partial charge in [0.25, 0.3) is 0 Å². The van der Waals surface area contributed by atoms with E-state index in [0.717, 1.165) is 25.0 Å². The zero-order valence-corrected chi connectivity index (χ0v) is 8.44. The van der Waals surface area contributed by atoms with E-state index in [1.165, 1.54) is 19.3 Å². The van der Waals surface area contributed by atoms with Crippen LogP contribution in [0.25, 0.3) is 0 Å². The zero-order chi connectivity index (χ0) is 9.03. The van der Waals surface area contributed by atoms with Crippen LogP contribution in [0.4, 0.5) is 0 Å². The van der Waals surface area contributed by atoms with Crippen molar-refractivity contribution in [3.63, 3.8) is 0 Å². The van der Waals surface area contributed by atoms with Gasteiger partial charge in [0.2, 0.25) is 0 Å². The molecule has 70 valence electrons. The van der Waals surface area contributed by atoms with Crippen LogP contribution in [0.2, 0.25) is 0 Å². The summed E-state index contributed by atoms with van der Waals surface area (Å²) in [5.41, 5.74) is -0.173. The summed E-state index contributed by atoms with van der Waals surface area (Å²) in [4.78, 5) is 10.8. The minimum absolute atomic E-state index is 0.173. The first-order valence-electron chi connectivity index (χ1n) is 4.78. The van der Waals surface area contributed by atoms with Crippen molar-refractivity contribution in [2.24, 2.45) is 11.3 Å². The summed E-state index contributed by atoms with van der Waals surface area (Å²) < 4.78 is 0. The summed E-state index contributed by atoms with van der Waals surface area (Å²) in [6.45, 7) is 2.22. The van der Waals surface area contributed by atoms with Gasteiger partial charge in [0.05, 0.1) is 0 Å². The second-order valence-corrected chi connectivity index (χ2v) is 4.23. The number of hydrogen-bond acceptors (Lipinski definition) is 1. The van der Waals surface area contributed by atoms with E-state index in [9.17, 15) is 4.79 Å². The minimum Gasteiger partial charge on any atom is -0.303 e. The van der Waals surface area contributed by atoms with E-state index in [4.69, 9.17) is 11.6 Å². The molecule has 1 aliphatic carbocycles. The molecule has 0 aromatic rings. The maximum atomic E-state index is 10.8. The van der Waals surface area contributed by atoms with Crippen molar-refractivity contribution in [1.82, 2.24) is 0 Å². The zero-order valence-electron chi connectivity index (χ0n) is 7.68. The third kappa shape index (κ3) is 2.01. The first-order valence-corrected chi connectivity index (χ1v) is 5.32. The summed E-state index contributed by atoms with van der Waals surface area (Å²) in [6, 6.07) is 0. The smallest absolute Gasteiger partial charge is 0.127 e. The Bertz CT molecular complexity index is 148. The molecule has 0 aliphatic heterocycles. The molecule has 0 amide bonds. The number of rotatable bonds is 3. The lowest BCUT2D eigenvalue weighted by Crippen LogP contribution is -2.30. The molecule has 0 bridgehead atoms. The Labute approximate surface area is 79.5 Å². The Kier molecular flexibility index (Phi) is 3.57. The van der Waals surface area contributed by atoms with Gasteiger partial charge in [-0.05, 0) is 31.6 Å². The third-order valence-electron chi connectivity index (χ3n) is 3.19. The molecule has 1 nitrogen and oxygen atoms in total. The highest BCUT2D eigenvalue weighted by Crippen LogP contribution is 2.39. The summed E-state index contributed by atoms with van der Waals surface area (Å²) in [6.07, 6.45) is 6.68. The average molecular weight is 189 g/mol. The van der Waals surface area contributed by atoms with E-state index >= 15 is 0 Å². The number of halogens is 1. The fourth-order valence-corrected chi connectivity index (χ4v) is 2.27. The fourth-order valence-electron chi connectivity index (χ4n) is 1.94. The molecule has 0 unspecified atom stereocenters. The van der Waals surface area contributed by atoms with Crippen LogP contribution in [0.3, 0.4) is 0 Å². The molecule has 0 aromatic carbocycles. The van der Waals surface area contributed by atoms with Gasteiger partial charge in [-0.1, -0.05) is 13.3 Å². The van der Waals surface area contributed by atoms with Crippen LogP contribution in [0.1, 0.15) is 39.0 Å². The summed E-state index contributed by atoms with van der Waals surface area (Å²) in [7, 11) is 0. The Balaban J connectivity index is 2.47. The predicted octanol–water partition coefficient (Wildman–Crippen LogP) is 3.01. The lowest BCUT2D eigenvalue weighted by atomic mass is 9.72. The SMILES string of the molecule is CCC1CCC(C=O)(CCl)CC1. The van der Waals surface area contributed by atoms with E-state index in [1.54, 1.807) is 0 Å². The van der Waals surface area contributed by atoms with Crippen LogP contribution in [0.15, 0.2) is 0 Å². The molecule has 0 heterocycles. The lowest BCUT2D eigenvalue weighted by Gasteiger charge is -2.34. The lowest BCUT2D eigenvalue weighted by molar-refractivity contribution is -0.117. The van der Waals surface area contributed by atoms with E-state index in [2.05, 4.69) is 6.92 Å². The Hall–Kier alpha value is -0.0400. The Morgan fingerprint density at radius 1 is 1.50 bits per heavy atom. The van der Waals surface area contributed by atoms with Gasteiger partial charge in [-0.3, -0.25) is 0 Å². The third-order valence-corrected chi connectivity index (χ3v) is 3.73. The van der Waals surface area contributed by atoms with Crippen molar-refractivity contribution >= 4 is 17.9 Å². The first-order chi connectivity index (χ1) is 5.76. The van der Waals surface area contributed by atoms with Gasteiger partial charge < -0.3 is 4.79 Å². The largest absolute Gasteiger partial charge is 0.303 e. The van der Waals surface area contributed by atoms with Crippen LogP contribution < -0.4 is 0 Å². The second kappa shape index (κ2) is 4.27. The van der Waals surface area contributed by atoms with Crippen molar-refractivity contribution in [1.29, 1.82) is 0 Å². The van der Waals surface area contributed by atoms with Crippen LogP contribution in [0.5, 0.6) is 0 Å². The van der Waals surface area contributed by atoms with E-state index < -0.39 is 0 Å². The fraction of sp³-hybridized carbons (Fsp3) is 0.900. The average Bonchev–Trinajstić information content (AvgIpc) is 2.18. The van der Waals surface area contributed by atoms with Gasteiger partial charge in [-0.2, -0.15) is 0 Å². The minimum atomic E-state index is -0.173. The number of carbonyl (C=O) groups excluding carboxylic acids is 1. The van der Waals surface area contributed by atoms with Crippen LogP contribution >= 0.6 is 11.6 Å². The summed E-state index contributed by atoms with van der Waals surface area (Å²) in [5, 5.41) is 0. The molecule has 1 fully saturated rings. The molecule has 0 aromatic heterocycles. The molecule has 2 heteroatoms. The molecule has 12 heavy (non-hydrogen) atoms. The van der Waals surface area contributed by atoms with Crippen molar-refractivity contribution in [2.45, 2.75) is 39.0 Å². The normalized spacial score (nSPS) is 36.3. The first kappa shape index (κ1) is 10.0. The second-order valence-electron chi connectivity index (χ2n) is 3.97. The van der Waals surface area contributed by atoms with Crippen LogP contribution in [-0.2, 0) is 4.79 Å². The van der Waals surface area contributed by atoms with Crippen LogP contribution in [0, 0.1) is 11.3 Å². The van der Waals surface area contributed by atoms with E-state index in [-0.39, 0.29) is 5.41 Å². The Morgan fingerprint density at radius 3 is 2.42 bits per heavy atom. The predicted molar refractivity (Wildman–Crippen MR) is 51.5 cm³/mol. The molecule has 0 spiro atoms. The standard InChI is InChI=1S/C10H17ClO/c1-2-9-3-5-10(7-11,8-12)6-4-9/h8-9H,2-7H2,1H3.